The van der Waals surface area contributed by atoms with Crippen LogP contribution in [0.4, 0.5) is 4.39 Å². The molecule has 0 spiro atoms. The van der Waals surface area contributed by atoms with Gasteiger partial charge < -0.3 is 9.84 Å². The Morgan fingerprint density at radius 3 is 2.56 bits per heavy atom. The Kier molecular flexibility index (Phi) is 4.19. The molecule has 1 atom stereocenters. The van der Waals surface area contributed by atoms with Gasteiger partial charge in [-0.05, 0) is 59.8 Å². The van der Waals surface area contributed by atoms with Crippen molar-refractivity contribution in [2.24, 2.45) is 0 Å². The van der Waals surface area contributed by atoms with Gasteiger partial charge in [-0.25, -0.2) is 4.39 Å². The Morgan fingerprint density at radius 1 is 1.17 bits per heavy atom. The summed E-state index contributed by atoms with van der Waals surface area (Å²) in [6.45, 7) is 1.58. The molecule has 0 saturated heterocycles. The first kappa shape index (κ1) is 13.3. The van der Waals surface area contributed by atoms with Crippen molar-refractivity contribution >= 4 is 22.6 Å². The lowest BCUT2D eigenvalue weighted by Gasteiger charge is -2.14. The van der Waals surface area contributed by atoms with Gasteiger partial charge in [-0.3, -0.25) is 0 Å². The van der Waals surface area contributed by atoms with Crippen molar-refractivity contribution in [2.75, 3.05) is 0 Å². The minimum absolute atomic E-state index is 0.388. The quantitative estimate of drug-likeness (QED) is 0.831. The molecule has 0 radical (unpaired) electrons. The van der Waals surface area contributed by atoms with E-state index in [0.717, 1.165) is 3.57 Å². The van der Waals surface area contributed by atoms with Crippen molar-refractivity contribution in [1.29, 1.82) is 0 Å². The van der Waals surface area contributed by atoms with Gasteiger partial charge in [-0.2, -0.15) is 0 Å². The Morgan fingerprint density at radius 2 is 1.89 bits per heavy atom. The lowest BCUT2D eigenvalue weighted by atomic mass is 10.1. The molecule has 1 unspecified atom stereocenters. The van der Waals surface area contributed by atoms with Crippen molar-refractivity contribution in [3.05, 3.63) is 57.4 Å². The molecule has 4 heteroatoms. The van der Waals surface area contributed by atoms with E-state index in [4.69, 9.17) is 4.74 Å². The van der Waals surface area contributed by atoms with Crippen LogP contribution in [0, 0.1) is 9.39 Å². The zero-order valence-corrected chi connectivity index (χ0v) is 11.9. The number of para-hydroxylation sites is 1. The smallest absolute Gasteiger partial charge is 0.140 e. The number of halogens is 2. The maximum Gasteiger partial charge on any atom is 0.140 e. The molecule has 0 aromatic heterocycles. The highest BCUT2D eigenvalue weighted by atomic mass is 127. The van der Waals surface area contributed by atoms with E-state index in [2.05, 4.69) is 22.6 Å². The van der Waals surface area contributed by atoms with Crippen LogP contribution in [0.25, 0.3) is 0 Å². The highest BCUT2D eigenvalue weighted by molar-refractivity contribution is 14.1. The third-order valence-electron chi connectivity index (χ3n) is 2.48. The van der Waals surface area contributed by atoms with Crippen LogP contribution < -0.4 is 4.74 Å². The van der Waals surface area contributed by atoms with E-state index in [0.29, 0.717) is 17.1 Å². The lowest BCUT2D eigenvalue weighted by molar-refractivity contribution is 0.195. The van der Waals surface area contributed by atoms with Crippen LogP contribution in [0.15, 0.2) is 42.5 Å². The van der Waals surface area contributed by atoms with E-state index in [9.17, 15) is 9.50 Å². The van der Waals surface area contributed by atoms with E-state index in [1.165, 1.54) is 18.2 Å². The Labute approximate surface area is 119 Å². The summed E-state index contributed by atoms with van der Waals surface area (Å²) >= 11 is 2.16. The normalized spacial score (nSPS) is 12.2. The summed E-state index contributed by atoms with van der Waals surface area (Å²) in [7, 11) is 0. The molecular weight excluding hydrogens is 346 g/mol. The second-order valence-electron chi connectivity index (χ2n) is 3.89. The first-order valence-corrected chi connectivity index (χ1v) is 6.55. The molecule has 94 valence electrons. The summed E-state index contributed by atoms with van der Waals surface area (Å²) in [6.07, 6.45) is -0.780. The van der Waals surface area contributed by atoms with E-state index >= 15 is 0 Å². The molecule has 0 saturated carbocycles. The average Bonchev–Trinajstić information content (AvgIpc) is 2.34. The number of ether oxygens (including phenoxy) is 1. The summed E-state index contributed by atoms with van der Waals surface area (Å²) in [5.74, 6) is 0.767. The molecular formula is C14H12FIO2. The fourth-order valence-electron chi connectivity index (χ4n) is 1.58. The predicted molar refractivity (Wildman–Crippen MR) is 76.3 cm³/mol. The number of benzene rings is 2. The molecule has 2 nitrogen and oxygen atoms in total. The summed E-state index contributed by atoms with van der Waals surface area (Å²) in [6, 6.07) is 11.7. The van der Waals surface area contributed by atoms with Gasteiger partial charge in [0, 0.05) is 5.56 Å². The number of hydrogen-bond acceptors (Lipinski definition) is 2. The molecule has 0 aliphatic carbocycles. The molecule has 0 aliphatic rings. The SMILES string of the molecule is CC(O)c1cc(F)ccc1Oc1ccccc1I. The van der Waals surface area contributed by atoms with Gasteiger partial charge in [0.1, 0.15) is 17.3 Å². The van der Waals surface area contributed by atoms with Crippen molar-refractivity contribution in [2.45, 2.75) is 13.0 Å². The monoisotopic (exact) mass is 358 g/mol. The van der Waals surface area contributed by atoms with Crippen LogP contribution >= 0.6 is 22.6 Å². The van der Waals surface area contributed by atoms with Gasteiger partial charge in [0.15, 0.2) is 0 Å². The van der Waals surface area contributed by atoms with Gasteiger partial charge in [-0.15, -0.1) is 0 Å². The van der Waals surface area contributed by atoms with E-state index in [-0.39, 0.29) is 5.82 Å². The van der Waals surface area contributed by atoms with E-state index in [1.54, 1.807) is 6.92 Å². The van der Waals surface area contributed by atoms with Crippen molar-refractivity contribution in [3.63, 3.8) is 0 Å². The summed E-state index contributed by atoms with van der Waals surface area (Å²) < 4.78 is 19.8. The number of aliphatic hydroxyl groups excluding tert-OH is 1. The van der Waals surface area contributed by atoms with E-state index < -0.39 is 6.10 Å². The molecule has 2 aromatic rings. The molecule has 0 fully saturated rings. The molecule has 0 bridgehead atoms. The highest BCUT2D eigenvalue weighted by Crippen LogP contribution is 2.32. The van der Waals surface area contributed by atoms with Crippen LogP contribution in [0.3, 0.4) is 0 Å². The van der Waals surface area contributed by atoms with Crippen molar-refractivity contribution in [3.8, 4) is 11.5 Å². The van der Waals surface area contributed by atoms with Crippen molar-refractivity contribution in [1.82, 2.24) is 0 Å². The Bertz CT molecular complexity index is 555. The molecule has 2 rings (SSSR count). The predicted octanol–water partition coefficient (Wildman–Crippen LogP) is 4.28. The van der Waals surface area contributed by atoms with Crippen LogP contribution in [0.2, 0.25) is 0 Å². The van der Waals surface area contributed by atoms with E-state index in [1.807, 2.05) is 24.3 Å². The van der Waals surface area contributed by atoms with Gasteiger partial charge in [0.2, 0.25) is 0 Å². The van der Waals surface area contributed by atoms with Crippen LogP contribution in [-0.4, -0.2) is 5.11 Å². The van der Waals surface area contributed by atoms with Gasteiger partial charge >= 0.3 is 0 Å². The third kappa shape index (κ3) is 3.00. The van der Waals surface area contributed by atoms with Crippen molar-refractivity contribution < 1.29 is 14.2 Å². The minimum atomic E-state index is -0.780. The maximum absolute atomic E-state index is 13.2. The number of aliphatic hydroxyl groups is 1. The second kappa shape index (κ2) is 5.67. The van der Waals surface area contributed by atoms with Crippen LogP contribution in [-0.2, 0) is 0 Å². The zero-order chi connectivity index (χ0) is 13.1. The molecule has 1 N–H and O–H groups in total. The Hall–Kier alpha value is -1.14. The fourth-order valence-corrected chi connectivity index (χ4v) is 2.08. The molecule has 0 heterocycles. The number of rotatable bonds is 3. The lowest BCUT2D eigenvalue weighted by Crippen LogP contribution is -1.97. The molecule has 2 aromatic carbocycles. The zero-order valence-electron chi connectivity index (χ0n) is 9.73. The number of hydrogen-bond donors (Lipinski definition) is 1. The fraction of sp³-hybridized carbons (Fsp3) is 0.143. The molecule has 0 aliphatic heterocycles. The summed E-state index contributed by atoms with van der Waals surface area (Å²) in [5, 5.41) is 9.63. The largest absolute Gasteiger partial charge is 0.456 e. The van der Waals surface area contributed by atoms with Crippen LogP contribution in [0.5, 0.6) is 11.5 Å². The maximum atomic E-state index is 13.2. The summed E-state index contributed by atoms with van der Waals surface area (Å²) in [4.78, 5) is 0. The standard InChI is InChI=1S/C14H12FIO2/c1-9(17)11-8-10(15)6-7-13(11)18-14-5-3-2-4-12(14)16/h2-9,17H,1H3. The minimum Gasteiger partial charge on any atom is -0.456 e. The molecule has 0 amide bonds. The highest BCUT2D eigenvalue weighted by Gasteiger charge is 2.12. The Balaban J connectivity index is 2.37. The van der Waals surface area contributed by atoms with Gasteiger partial charge in [0.25, 0.3) is 0 Å². The second-order valence-corrected chi connectivity index (χ2v) is 5.05. The molecule has 18 heavy (non-hydrogen) atoms. The van der Waals surface area contributed by atoms with Gasteiger partial charge in [-0.1, -0.05) is 12.1 Å². The average molecular weight is 358 g/mol. The summed E-state index contributed by atoms with van der Waals surface area (Å²) in [5.41, 5.74) is 0.439. The first-order chi connectivity index (χ1) is 8.58. The van der Waals surface area contributed by atoms with Crippen LogP contribution in [0.1, 0.15) is 18.6 Å². The van der Waals surface area contributed by atoms with Gasteiger partial charge in [0.05, 0.1) is 9.67 Å². The first-order valence-electron chi connectivity index (χ1n) is 5.48. The third-order valence-corrected chi connectivity index (χ3v) is 3.37. The topological polar surface area (TPSA) is 29.5 Å².